The summed E-state index contributed by atoms with van der Waals surface area (Å²) in [6.45, 7) is 9.38. The van der Waals surface area contributed by atoms with Crippen LogP contribution < -0.4 is 10.6 Å². The van der Waals surface area contributed by atoms with Gasteiger partial charge in [-0.05, 0) is 45.2 Å². The van der Waals surface area contributed by atoms with Crippen molar-refractivity contribution in [3.63, 3.8) is 0 Å². The van der Waals surface area contributed by atoms with Gasteiger partial charge in [0.25, 0.3) is 0 Å². The maximum atomic E-state index is 14.1. The summed E-state index contributed by atoms with van der Waals surface area (Å²) in [5.74, 6) is -1.87. The van der Waals surface area contributed by atoms with Gasteiger partial charge in [0.15, 0.2) is 0 Å². The number of hydrogen-bond donors (Lipinski definition) is 3. The molecule has 2 bridgehead atoms. The van der Waals surface area contributed by atoms with E-state index >= 15 is 0 Å². The molecular weight excluding hydrogens is 518 g/mol. The summed E-state index contributed by atoms with van der Waals surface area (Å²) >= 11 is 5.37. The second-order valence-electron chi connectivity index (χ2n) is 11.0. The zero-order valence-corrected chi connectivity index (χ0v) is 22.7. The van der Waals surface area contributed by atoms with Crippen molar-refractivity contribution in [2.45, 2.75) is 73.5 Å². The first-order valence-electron chi connectivity index (χ1n) is 11.8. The lowest BCUT2D eigenvalue weighted by Crippen LogP contribution is -2.60. The van der Waals surface area contributed by atoms with Crippen LogP contribution in [0.5, 0.6) is 0 Å². The van der Waals surface area contributed by atoms with Crippen LogP contribution in [0.4, 0.5) is 5.69 Å². The van der Waals surface area contributed by atoms with Crippen LogP contribution >= 0.6 is 27.7 Å². The number of nitrogens with zero attached hydrogens (tertiary/aromatic N) is 1. The molecule has 0 aromatic heterocycles. The molecule has 186 valence electrons. The first kappa shape index (κ1) is 25.5. The Hall–Kier alpha value is -1.58. The highest BCUT2D eigenvalue weighted by Gasteiger charge is 2.76. The molecular formula is C25H34BrN3O4S. The largest absolute Gasteiger partial charge is 0.394 e. The number of para-hydroxylation sites is 1. The number of carbonyl (C=O) groups excluding carboxylic acids is 3. The van der Waals surface area contributed by atoms with Gasteiger partial charge in [-0.2, -0.15) is 0 Å². The van der Waals surface area contributed by atoms with Gasteiger partial charge in [0, 0.05) is 21.3 Å². The minimum Gasteiger partial charge on any atom is -0.394 e. The van der Waals surface area contributed by atoms with E-state index in [9.17, 15) is 19.5 Å². The summed E-state index contributed by atoms with van der Waals surface area (Å²) in [5.41, 5.74) is 0.201. The molecule has 3 fully saturated rings. The Morgan fingerprint density at radius 3 is 2.44 bits per heavy atom. The number of rotatable bonds is 6. The molecule has 9 heteroatoms. The fourth-order valence-electron chi connectivity index (χ4n) is 5.83. The summed E-state index contributed by atoms with van der Waals surface area (Å²) in [7, 11) is 0. The predicted octanol–water partition coefficient (Wildman–Crippen LogP) is 3.02. The van der Waals surface area contributed by atoms with E-state index in [-0.39, 0.29) is 40.3 Å². The molecule has 3 aliphatic heterocycles. The van der Waals surface area contributed by atoms with E-state index in [1.807, 2.05) is 65.0 Å². The quantitative estimate of drug-likeness (QED) is 0.472. The second kappa shape index (κ2) is 9.13. The lowest BCUT2D eigenvalue weighted by Gasteiger charge is -2.39. The number of nitrogens with one attached hydrogen (secondary N) is 2. The van der Waals surface area contributed by atoms with E-state index in [1.54, 1.807) is 16.7 Å². The molecule has 1 aromatic rings. The van der Waals surface area contributed by atoms with E-state index in [4.69, 9.17) is 0 Å². The maximum Gasteiger partial charge on any atom is 0.244 e. The molecule has 3 aliphatic rings. The smallest absolute Gasteiger partial charge is 0.244 e. The van der Waals surface area contributed by atoms with Crippen molar-refractivity contribution in [3.05, 3.63) is 30.3 Å². The van der Waals surface area contributed by atoms with E-state index in [2.05, 4.69) is 26.6 Å². The SMILES string of the molecule is CC(C)[C@H](CO)N1C(=O)[C@@H]2[C@@H](C(=O)Nc3ccccc3)[C@@H]3SC2(CC3Br)C1C(=O)NC(C)(C)C. The van der Waals surface area contributed by atoms with Crippen molar-refractivity contribution < 1.29 is 19.5 Å². The molecule has 0 aliphatic carbocycles. The number of amides is 3. The number of aliphatic hydroxyl groups is 1. The molecule has 4 rings (SSSR count). The van der Waals surface area contributed by atoms with Crippen LogP contribution in [0.1, 0.15) is 41.0 Å². The molecule has 1 spiro atoms. The summed E-state index contributed by atoms with van der Waals surface area (Å²) in [6.07, 6.45) is 0.614. The van der Waals surface area contributed by atoms with Gasteiger partial charge in [-0.3, -0.25) is 14.4 Å². The van der Waals surface area contributed by atoms with Crippen molar-refractivity contribution in [3.8, 4) is 0 Å². The summed E-state index contributed by atoms with van der Waals surface area (Å²) in [5, 5.41) is 16.2. The minimum absolute atomic E-state index is 0.00425. The van der Waals surface area contributed by atoms with Crippen molar-refractivity contribution in [1.29, 1.82) is 0 Å². The average Bonchev–Trinajstić information content (AvgIpc) is 3.32. The predicted molar refractivity (Wildman–Crippen MR) is 138 cm³/mol. The summed E-state index contributed by atoms with van der Waals surface area (Å²) in [4.78, 5) is 43.0. The molecule has 1 aromatic carbocycles. The highest BCUT2D eigenvalue weighted by atomic mass is 79.9. The number of carbonyl (C=O) groups is 3. The van der Waals surface area contributed by atoms with E-state index in [0.717, 1.165) is 0 Å². The Balaban J connectivity index is 1.76. The third kappa shape index (κ3) is 4.17. The van der Waals surface area contributed by atoms with Crippen LogP contribution in [0.15, 0.2) is 30.3 Å². The van der Waals surface area contributed by atoms with Crippen LogP contribution in [-0.4, -0.2) is 66.8 Å². The number of thioether (sulfide) groups is 1. The van der Waals surface area contributed by atoms with Crippen LogP contribution in [-0.2, 0) is 14.4 Å². The molecule has 0 saturated carbocycles. The topological polar surface area (TPSA) is 98.7 Å². The molecule has 3 heterocycles. The highest BCUT2D eigenvalue weighted by molar-refractivity contribution is 9.09. The van der Waals surface area contributed by atoms with Crippen LogP contribution in [0, 0.1) is 17.8 Å². The molecule has 7 atom stereocenters. The number of aliphatic hydroxyl groups excluding tert-OH is 1. The van der Waals surface area contributed by atoms with Gasteiger partial charge in [-0.15, -0.1) is 11.8 Å². The monoisotopic (exact) mass is 551 g/mol. The number of benzene rings is 1. The number of likely N-dealkylation sites (tertiary alicyclic amines) is 1. The Kier molecular flexibility index (Phi) is 6.85. The van der Waals surface area contributed by atoms with Crippen LogP contribution in [0.3, 0.4) is 0 Å². The van der Waals surface area contributed by atoms with E-state index in [0.29, 0.717) is 12.1 Å². The molecule has 34 heavy (non-hydrogen) atoms. The third-order valence-electron chi connectivity index (χ3n) is 7.13. The van der Waals surface area contributed by atoms with Gasteiger partial charge in [0.05, 0.1) is 29.2 Å². The van der Waals surface area contributed by atoms with Crippen molar-refractivity contribution in [2.24, 2.45) is 17.8 Å². The third-order valence-corrected chi connectivity index (χ3v) is 10.4. The Bertz CT molecular complexity index is 969. The van der Waals surface area contributed by atoms with E-state index < -0.39 is 34.2 Å². The van der Waals surface area contributed by atoms with Crippen LogP contribution in [0.25, 0.3) is 0 Å². The average molecular weight is 553 g/mol. The Labute approximate surface area is 213 Å². The maximum absolute atomic E-state index is 14.1. The zero-order chi connectivity index (χ0) is 25.0. The molecule has 3 N–H and O–H groups in total. The number of alkyl halides is 1. The first-order valence-corrected chi connectivity index (χ1v) is 13.6. The molecule has 3 unspecified atom stereocenters. The summed E-state index contributed by atoms with van der Waals surface area (Å²) < 4.78 is -0.730. The summed E-state index contributed by atoms with van der Waals surface area (Å²) in [6, 6.07) is 7.96. The van der Waals surface area contributed by atoms with Gasteiger partial charge in [0.2, 0.25) is 17.7 Å². The second-order valence-corrected chi connectivity index (χ2v) is 13.7. The molecule has 0 radical (unpaired) electrons. The fourth-order valence-corrected chi connectivity index (χ4v) is 9.43. The number of hydrogen-bond acceptors (Lipinski definition) is 5. The minimum atomic E-state index is -0.756. The fraction of sp³-hybridized carbons (Fsp3) is 0.640. The van der Waals surface area contributed by atoms with Gasteiger partial charge >= 0.3 is 0 Å². The number of anilines is 1. The highest BCUT2D eigenvalue weighted by Crippen LogP contribution is 2.68. The Morgan fingerprint density at radius 2 is 1.88 bits per heavy atom. The normalized spacial score (nSPS) is 33.2. The zero-order valence-electron chi connectivity index (χ0n) is 20.2. The van der Waals surface area contributed by atoms with Crippen LogP contribution in [0.2, 0.25) is 0 Å². The van der Waals surface area contributed by atoms with Gasteiger partial charge in [-0.1, -0.05) is 48.0 Å². The number of fused-ring (bicyclic) bond motifs is 1. The lowest BCUT2D eigenvalue weighted by atomic mass is 9.70. The van der Waals surface area contributed by atoms with Gasteiger partial charge in [-0.25, -0.2) is 0 Å². The van der Waals surface area contributed by atoms with Gasteiger partial charge < -0.3 is 20.6 Å². The molecule has 3 amide bonds. The molecule has 7 nitrogen and oxygen atoms in total. The first-order chi connectivity index (χ1) is 15.9. The van der Waals surface area contributed by atoms with Crippen molar-refractivity contribution in [2.75, 3.05) is 11.9 Å². The molecule has 3 saturated heterocycles. The lowest BCUT2D eigenvalue weighted by molar-refractivity contribution is -0.143. The van der Waals surface area contributed by atoms with Crippen molar-refractivity contribution >= 4 is 51.1 Å². The van der Waals surface area contributed by atoms with E-state index in [1.165, 1.54) is 0 Å². The standard InChI is InChI=1S/C25H34BrN3O4S/c1-13(2)16(12-30)29-20(22(32)28-24(3,4)5)25-11-15(26)19(34-25)17(18(25)23(29)33)21(31)27-14-9-7-6-8-10-14/h6-10,13,15-20,30H,11-12H2,1-5H3,(H,27,31)(H,28,32)/t15?,16-,17+,18-,19+,20?,25?/m0/s1. The Morgan fingerprint density at radius 1 is 1.24 bits per heavy atom. The van der Waals surface area contributed by atoms with Gasteiger partial charge in [0.1, 0.15) is 6.04 Å². The van der Waals surface area contributed by atoms with Crippen molar-refractivity contribution in [1.82, 2.24) is 10.2 Å². The number of halogens is 1.